The number of likely N-dealkylation sites (tertiary alicyclic amines) is 1. The van der Waals surface area contributed by atoms with E-state index in [1.807, 2.05) is 70.9 Å². The van der Waals surface area contributed by atoms with Crippen molar-refractivity contribution in [1.29, 1.82) is 0 Å². The fraction of sp³-hybridized carbons (Fsp3) is 0.385. The van der Waals surface area contributed by atoms with Gasteiger partial charge in [0.2, 0.25) is 5.91 Å². The SMILES string of the molecule is O=C(Cc1csc(-c2ccccc2)n1)N1CC[C@@](O)(c2ccccc2)[C@H]2CCCCC21. The van der Waals surface area contributed by atoms with E-state index in [1.54, 1.807) is 11.3 Å². The summed E-state index contributed by atoms with van der Waals surface area (Å²) in [6.45, 7) is 0.598. The Kier molecular flexibility index (Phi) is 5.63. The second-order valence-corrected chi connectivity index (χ2v) is 9.63. The Bertz CT molecular complexity index is 1040. The van der Waals surface area contributed by atoms with Crippen molar-refractivity contribution >= 4 is 17.2 Å². The number of fused-ring (bicyclic) bond motifs is 1. The summed E-state index contributed by atoms with van der Waals surface area (Å²) in [5, 5.41) is 14.7. The van der Waals surface area contributed by atoms with Gasteiger partial charge in [-0.3, -0.25) is 4.79 Å². The van der Waals surface area contributed by atoms with Crippen LogP contribution in [0.4, 0.5) is 0 Å². The number of nitrogens with zero attached hydrogens (tertiary/aromatic N) is 2. The molecule has 5 heteroatoms. The molecule has 3 aromatic rings. The maximum Gasteiger partial charge on any atom is 0.228 e. The molecule has 3 atom stereocenters. The van der Waals surface area contributed by atoms with Crippen molar-refractivity contribution in [2.24, 2.45) is 5.92 Å². The summed E-state index contributed by atoms with van der Waals surface area (Å²) < 4.78 is 0. The molecule has 2 aromatic carbocycles. The molecule has 31 heavy (non-hydrogen) atoms. The smallest absolute Gasteiger partial charge is 0.228 e. The summed E-state index contributed by atoms with van der Waals surface area (Å²) in [6.07, 6.45) is 5.09. The van der Waals surface area contributed by atoms with Crippen LogP contribution in [0.1, 0.15) is 43.4 Å². The molecule has 2 heterocycles. The number of carbonyl (C=O) groups excluding carboxylic acids is 1. The van der Waals surface area contributed by atoms with Crippen LogP contribution < -0.4 is 0 Å². The first-order chi connectivity index (χ1) is 15.1. The molecular formula is C26H28N2O2S. The molecule has 2 fully saturated rings. The van der Waals surface area contributed by atoms with Gasteiger partial charge in [0.1, 0.15) is 5.01 Å². The number of aromatic nitrogens is 1. The average molecular weight is 433 g/mol. The zero-order chi connectivity index (χ0) is 21.3. The number of amides is 1. The van der Waals surface area contributed by atoms with Gasteiger partial charge in [-0.2, -0.15) is 0 Å². The molecule has 1 amide bonds. The molecule has 4 nitrogen and oxygen atoms in total. The summed E-state index contributed by atoms with van der Waals surface area (Å²) in [6, 6.07) is 20.2. The number of hydrogen-bond donors (Lipinski definition) is 1. The van der Waals surface area contributed by atoms with Crippen LogP contribution in [0.5, 0.6) is 0 Å². The Morgan fingerprint density at radius 3 is 2.55 bits per heavy atom. The van der Waals surface area contributed by atoms with Crippen molar-refractivity contribution in [1.82, 2.24) is 9.88 Å². The Morgan fingerprint density at radius 1 is 1.06 bits per heavy atom. The standard InChI is InChI=1S/C26H28N2O2S/c29-24(17-21-18-31-25(27-21)19-9-3-1-4-10-19)28-16-15-26(30,20-11-5-2-6-12-20)22-13-7-8-14-23(22)28/h1-6,9-12,18,22-23,30H,7-8,13-17H2/t22-,23?,26+/m0/s1. The lowest BCUT2D eigenvalue weighted by Gasteiger charge is -2.52. The number of piperidine rings is 1. The third-order valence-corrected chi connectivity index (χ3v) is 7.92. The predicted molar refractivity (Wildman–Crippen MR) is 124 cm³/mol. The molecule has 5 rings (SSSR count). The number of benzene rings is 2. The van der Waals surface area contributed by atoms with Crippen LogP contribution in [0.2, 0.25) is 0 Å². The fourth-order valence-corrected chi connectivity index (χ4v) is 6.26. The highest BCUT2D eigenvalue weighted by Crippen LogP contribution is 2.47. The zero-order valence-electron chi connectivity index (χ0n) is 17.6. The van der Waals surface area contributed by atoms with Crippen molar-refractivity contribution in [2.45, 2.75) is 50.2 Å². The number of aliphatic hydroxyl groups is 1. The molecular weight excluding hydrogens is 404 g/mol. The Hall–Kier alpha value is -2.50. The third-order valence-electron chi connectivity index (χ3n) is 6.98. The van der Waals surface area contributed by atoms with E-state index in [0.29, 0.717) is 19.4 Å². The molecule has 1 unspecified atom stereocenters. The molecule has 0 bridgehead atoms. The first kappa shape index (κ1) is 20.4. The highest BCUT2D eigenvalue weighted by Gasteiger charge is 2.50. The molecule has 1 N–H and O–H groups in total. The summed E-state index contributed by atoms with van der Waals surface area (Å²) >= 11 is 1.59. The van der Waals surface area contributed by atoms with Gasteiger partial charge < -0.3 is 10.0 Å². The average Bonchev–Trinajstić information content (AvgIpc) is 3.29. The Morgan fingerprint density at radius 2 is 1.77 bits per heavy atom. The van der Waals surface area contributed by atoms with E-state index in [-0.39, 0.29) is 17.9 Å². The molecule has 1 aliphatic heterocycles. The summed E-state index contributed by atoms with van der Waals surface area (Å²) in [5.41, 5.74) is 2.07. The highest BCUT2D eigenvalue weighted by atomic mass is 32.1. The fourth-order valence-electron chi connectivity index (χ4n) is 5.44. The molecule has 1 saturated heterocycles. The van der Waals surface area contributed by atoms with E-state index >= 15 is 0 Å². The van der Waals surface area contributed by atoms with Gasteiger partial charge in [-0.05, 0) is 24.8 Å². The minimum absolute atomic E-state index is 0.0941. The van der Waals surface area contributed by atoms with Crippen molar-refractivity contribution in [3.05, 3.63) is 77.3 Å². The topological polar surface area (TPSA) is 53.4 Å². The van der Waals surface area contributed by atoms with Crippen molar-refractivity contribution in [3.8, 4) is 10.6 Å². The van der Waals surface area contributed by atoms with E-state index in [0.717, 1.165) is 47.5 Å². The molecule has 0 spiro atoms. The predicted octanol–water partition coefficient (Wildman–Crippen LogP) is 5.03. The van der Waals surface area contributed by atoms with Crippen LogP contribution in [-0.4, -0.2) is 33.5 Å². The molecule has 0 radical (unpaired) electrons. The van der Waals surface area contributed by atoms with E-state index in [1.165, 1.54) is 0 Å². The highest BCUT2D eigenvalue weighted by molar-refractivity contribution is 7.13. The normalized spacial score (nSPS) is 25.8. The van der Waals surface area contributed by atoms with Crippen LogP contribution in [-0.2, 0) is 16.8 Å². The van der Waals surface area contributed by atoms with E-state index in [2.05, 4.69) is 0 Å². The van der Waals surface area contributed by atoms with Crippen LogP contribution in [0, 0.1) is 5.92 Å². The van der Waals surface area contributed by atoms with Gasteiger partial charge in [0.25, 0.3) is 0 Å². The molecule has 1 aliphatic carbocycles. The second kappa shape index (κ2) is 8.56. The van der Waals surface area contributed by atoms with Crippen LogP contribution in [0.25, 0.3) is 10.6 Å². The summed E-state index contributed by atoms with van der Waals surface area (Å²) in [4.78, 5) is 20.1. The largest absolute Gasteiger partial charge is 0.385 e. The van der Waals surface area contributed by atoms with Crippen molar-refractivity contribution in [2.75, 3.05) is 6.54 Å². The van der Waals surface area contributed by atoms with Crippen molar-refractivity contribution < 1.29 is 9.90 Å². The van der Waals surface area contributed by atoms with Gasteiger partial charge >= 0.3 is 0 Å². The Balaban J connectivity index is 1.34. The van der Waals surface area contributed by atoms with Gasteiger partial charge in [-0.25, -0.2) is 4.98 Å². The van der Waals surface area contributed by atoms with E-state index in [4.69, 9.17) is 4.98 Å². The maximum absolute atomic E-state index is 13.3. The number of rotatable bonds is 4. The lowest BCUT2D eigenvalue weighted by molar-refractivity contribution is -0.154. The zero-order valence-corrected chi connectivity index (χ0v) is 18.4. The van der Waals surface area contributed by atoms with Crippen LogP contribution in [0.3, 0.4) is 0 Å². The number of hydrogen-bond acceptors (Lipinski definition) is 4. The summed E-state index contributed by atoms with van der Waals surface area (Å²) in [5.74, 6) is 0.230. The molecule has 1 aromatic heterocycles. The first-order valence-electron chi connectivity index (χ1n) is 11.2. The quantitative estimate of drug-likeness (QED) is 0.629. The molecule has 160 valence electrons. The summed E-state index contributed by atoms with van der Waals surface area (Å²) in [7, 11) is 0. The Labute approximate surface area is 187 Å². The van der Waals surface area contributed by atoms with Gasteiger partial charge in [0.15, 0.2) is 0 Å². The first-order valence-corrected chi connectivity index (χ1v) is 12.1. The van der Waals surface area contributed by atoms with Crippen LogP contribution in [0.15, 0.2) is 66.0 Å². The van der Waals surface area contributed by atoms with Gasteiger partial charge in [0.05, 0.1) is 17.7 Å². The van der Waals surface area contributed by atoms with E-state index < -0.39 is 5.60 Å². The third kappa shape index (κ3) is 3.92. The lowest BCUT2D eigenvalue weighted by atomic mass is 9.66. The van der Waals surface area contributed by atoms with Gasteiger partial charge in [-0.15, -0.1) is 11.3 Å². The lowest BCUT2D eigenvalue weighted by Crippen LogP contribution is -2.59. The monoisotopic (exact) mass is 432 g/mol. The maximum atomic E-state index is 13.3. The van der Waals surface area contributed by atoms with Crippen LogP contribution >= 0.6 is 11.3 Å². The second-order valence-electron chi connectivity index (χ2n) is 8.77. The van der Waals surface area contributed by atoms with Gasteiger partial charge in [-0.1, -0.05) is 73.5 Å². The minimum atomic E-state index is -0.843. The van der Waals surface area contributed by atoms with Crippen molar-refractivity contribution in [3.63, 3.8) is 0 Å². The number of carbonyl (C=O) groups is 1. The number of thiazole rings is 1. The van der Waals surface area contributed by atoms with Gasteiger partial charge in [0, 0.05) is 29.4 Å². The molecule has 1 saturated carbocycles. The van der Waals surface area contributed by atoms with E-state index in [9.17, 15) is 9.90 Å². The molecule has 2 aliphatic rings. The minimum Gasteiger partial charge on any atom is -0.385 e.